The van der Waals surface area contributed by atoms with Crippen LogP contribution >= 0.6 is 0 Å². The Balaban J connectivity index is 2.82. The van der Waals surface area contributed by atoms with Gasteiger partial charge in [-0.2, -0.15) is 19.3 Å². The molecule has 0 radical (unpaired) electrons. The Labute approximate surface area is 127 Å². The number of nitrogens with two attached hydrogens (primary N) is 1. The van der Waals surface area contributed by atoms with E-state index in [2.05, 4.69) is 9.72 Å². The first-order valence-corrected chi connectivity index (χ1v) is 5.99. The van der Waals surface area contributed by atoms with Crippen molar-refractivity contribution in [3.8, 4) is 29.0 Å². The summed E-state index contributed by atoms with van der Waals surface area (Å²) in [6, 6.07) is 5.81. The monoisotopic (exact) mass is 320 g/mol. The summed E-state index contributed by atoms with van der Waals surface area (Å²) in [5.74, 6) is -1.81. The number of H-pyrrole nitrogens is 1. The largest absolute Gasteiger partial charge is 0.435 e. The van der Waals surface area contributed by atoms with Gasteiger partial charge in [-0.25, -0.2) is 4.39 Å². The zero-order chi connectivity index (χ0) is 17.1. The van der Waals surface area contributed by atoms with E-state index in [4.69, 9.17) is 16.3 Å². The van der Waals surface area contributed by atoms with Crippen LogP contribution in [-0.2, 0) is 0 Å². The van der Waals surface area contributed by atoms with Gasteiger partial charge in [0.25, 0.3) is 5.56 Å². The SMILES string of the molecule is N#Cc1c(N)[nH]c(=O)c(C#N)c1-c1cc(F)cc(OC(F)F)c1. The van der Waals surface area contributed by atoms with Gasteiger partial charge in [0.1, 0.15) is 40.6 Å². The van der Waals surface area contributed by atoms with Crippen molar-refractivity contribution in [2.45, 2.75) is 6.61 Å². The zero-order valence-electron chi connectivity index (χ0n) is 11.2. The van der Waals surface area contributed by atoms with E-state index in [9.17, 15) is 18.0 Å². The van der Waals surface area contributed by atoms with E-state index in [0.29, 0.717) is 6.07 Å². The van der Waals surface area contributed by atoms with Gasteiger partial charge in [0.2, 0.25) is 0 Å². The number of hydrogen-bond acceptors (Lipinski definition) is 5. The summed E-state index contributed by atoms with van der Waals surface area (Å²) in [5.41, 5.74) is 3.43. The van der Waals surface area contributed by atoms with Crippen LogP contribution in [0.15, 0.2) is 23.0 Å². The number of anilines is 1. The summed E-state index contributed by atoms with van der Waals surface area (Å²) in [5, 5.41) is 18.2. The first kappa shape index (κ1) is 15.9. The summed E-state index contributed by atoms with van der Waals surface area (Å²) < 4.78 is 42.3. The molecule has 0 bridgehead atoms. The van der Waals surface area contributed by atoms with Crippen molar-refractivity contribution in [3.05, 3.63) is 45.5 Å². The predicted octanol–water partition coefficient (Wildman–Crippen LogP) is 2.11. The summed E-state index contributed by atoms with van der Waals surface area (Å²) in [7, 11) is 0. The van der Waals surface area contributed by atoms with E-state index in [-0.39, 0.29) is 22.5 Å². The van der Waals surface area contributed by atoms with Gasteiger partial charge in [-0.3, -0.25) is 4.79 Å². The fraction of sp³-hybridized carbons (Fsp3) is 0.0714. The minimum Gasteiger partial charge on any atom is -0.435 e. The highest BCUT2D eigenvalue weighted by atomic mass is 19.3. The Bertz CT molecular complexity index is 910. The Morgan fingerprint density at radius 3 is 2.39 bits per heavy atom. The third-order valence-corrected chi connectivity index (χ3v) is 2.85. The van der Waals surface area contributed by atoms with Gasteiger partial charge in [-0.05, 0) is 17.7 Å². The van der Waals surface area contributed by atoms with Crippen molar-refractivity contribution in [2.75, 3.05) is 5.73 Å². The van der Waals surface area contributed by atoms with E-state index in [0.717, 1.165) is 12.1 Å². The minimum atomic E-state index is -3.19. The topological polar surface area (TPSA) is 116 Å². The van der Waals surface area contributed by atoms with Crippen molar-refractivity contribution in [3.63, 3.8) is 0 Å². The molecule has 0 aliphatic carbocycles. The normalized spacial score (nSPS) is 10.2. The second kappa shape index (κ2) is 6.12. The van der Waals surface area contributed by atoms with Crippen LogP contribution in [0.2, 0.25) is 0 Å². The number of pyridine rings is 1. The average Bonchev–Trinajstić information content (AvgIpc) is 2.45. The van der Waals surface area contributed by atoms with Crippen LogP contribution < -0.4 is 16.0 Å². The highest BCUT2D eigenvalue weighted by Gasteiger charge is 2.20. The number of aromatic amines is 1. The lowest BCUT2D eigenvalue weighted by Crippen LogP contribution is -2.16. The van der Waals surface area contributed by atoms with Crippen molar-refractivity contribution < 1.29 is 17.9 Å². The number of halogens is 3. The van der Waals surface area contributed by atoms with Gasteiger partial charge in [0, 0.05) is 11.6 Å². The van der Waals surface area contributed by atoms with Gasteiger partial charge < -0.3 is 15.5 Å². The number of nitrogens with one attached hydrogen (secondary N) is 1. The van der Waals surface area contributed by atoms with E-state index < -0.39 is 29.3 Å². The van der Waals surface area contributed by atoms with Gasteiger partial charge in [-0.1, -0.05) is 0 Å². The third-order valence-electron chi connectivity index (χ3n) is 2.85. The lowest BCUT2D eigenvalue weighted by Gasteiger charge is -2.11. The lowest BCUT2D eigenvalue weighted by molar-refractivity contribution is -0.0499. The maximum absolute atomic E-state index is 13.6. The van der Waals surface area contributed by atoms with Crippen LogP contribution in [0.1, 0.15) is 11.1 Å². The van der Waals surface area contributed by atoms with Crippen LogP contribution in [0.5, 0.6) is 5.75 Å². The first-order valence-electron chi connectivity index (χ1n) is 5.99. The highest BCUT2D eigenvalue weighted by molar-refractivity contribution is 5.80. The summed E-state index contributed by atoms with van der Waals surface area (Å²) in [4.78, 5) is 13.9. The average molecular weight is 320 g/mol. The molecule has 0 unspecified atom stereocenters. The molecule has 0 fully saturated rings. The molecule has 2 rings (SSSR count). The summed E-state index contributed by atoms with van der Waals surface area (Å²) in [6.07, 6.45) is 0. The van der Waals surface area contributed by atoms with Crippen LogP contribution in [0.3, 0.4) is 0 Å². The van der Waals surface area contributed by atoms with Crippen molar-refractivity contribution in [1.82, 2.24) is 4.98 Å². The second-order valence-corrected chi connectivity index (χ2v) is 4.27. The van der Waals surface area contributed by atoms with Crippen LogP contribution in [-0.4, -0.2) is 11.6 Å². The molecule has 1 aromatic carbocycles. The molecule has 3 N–H and O–H groups in total. The number of ether oxygens (including phenoxy) is 1. The van der Waals surface area contributed by atoms with Crippen LogP contribution in [0.4, 0.5) is 19.0 Å². The minimum absolute atomic E-state index is 0.161. The Morgan fingerprint density at radius 1 is 1.17 bits per heavy atom. The fourth-order valence-electron chi connectivity index (χ4n) is 2.01. The molecule has 0 saturated heterocycles. The number of benzene rings is 1. The van der Waals surface area contributed by atoms with Crippen molar-refractivity contribution in [1.29, 1.82) is 10.5 Å². The Morgan fingerprint density at radius 2 is 1.83 bits per heavy atom. The summed E-state index contributed by atoms with van der Waals surface area (Å²) >= 11 is 0. The van der Waals surface area contributed by atoms with E-state index in [1.165, 1.54) is 0 Å². The first-order chi connectivity index (χ1) is 10.9. The molecule has 0 atom stereocenters. The molecule has 1 heterocycles. The van der Waals surface area contributed by atoms with Crippen LogP contribution in [0.25, 0.3) is 11.1 Å². The molecule has 2 aromatic rings. The van der Waals surface area contributed by atoms with E-state index >= 15 is 0 Å². The quantitative estimate of drug-likeness (QED) is 0.898. The molecule has 6 nitrogen and oxygen atoms in total. The maximum atomic E-state index is 13.6. The third kappa shape index (κ3) is 3.09. The molecular weight excluding hydrogens is 313 g/mol. The molecule has 0 saturated carbocycles. The number of aromatic nitrogens is 1. The molecule has 1 aromatic heterocycles. The number of nitriles is 2. The molecule has 116 valence electrons. The molecule has 23 heavy (non-hydrogen) atoms. The van der Waals surface area contributed by atoms with Gasteiger partial charge >= 0.3 is 6.61 Å². The number of nitrogens with zero attached hydrogens (tertiary/aromatic N) is 2. The fourth-order valence-corrected chi connectivity index (χ4v) is 2.01. The summed E-state index contributed by atoms with van der Waals surface area (Å²) in [6.45, 7) is -3.19. The van der Waals surface area contributed by atoms with Crippen molar-refractivity contribution in [2.24, 2.45) is 0 Å². The Kier molecular flexibility index (Phi) is 4.23. The van der Waals surface area contributed by atoms with E-state index in [1.54, 1.807) is 12.1 Å². The zero-order valence-corrected chi connectivity index (χ0v) is 11.2. The number of nitrogen functional groups attached to an aromatic ring is 1. The Hall–Kier alpha value is -3.46. The number of alkyl halides is 2. The molecule has 9 heteroatoms. The predicted molar refractivity (Wildman–Crippen MR) is 72.9 cm³/mol. The van der Waals surface area contributed by atoms with Crippen molar-refractivity contribution >= 4 is 5.82 Å². The van der Waals surface area contributed by atoms with Gasteiger partial charge in [0.15, 0.2) is 0 Å². The van der Waals surface area contributed by atoms with E-state index in [1.807, 2.05) is 0 Å². The molecule has 0 aliphatic heterocycles. The smallest absolute Gasteiger partial charge is 0.387 e. The number of rotatable bonds is 3. The lowest BCUT2D eigenvalue weighted by atomic mass is 9.96. The standard InChI is InChI=1S/C14H7F3N4O2/c15-7-1-6(2-8(3-7)23-14(16)17)11-9(4-18)12(20)21-13(22)10(11)5-19/h1-3,14H,(H3,20,21,22). The maximum Gasteiger partial charge on any atom is 0.387 e. The molecule has 0 amide bonds. The van der Waals surface area contributed by atoms with Crippen LogP contribution in [0, 0.1) is 28.5 Å². The number of hydrogen-bond donors (Lipinski definition) is 2. The van der Waals surface area contributed by atoms with Gasteiger partial charge in [-0.15, -0.1) is 0 Å². The molecule has 0 spiro atoms. The molecular formula is C14H7F3N4O2. The molecule has 0 aliphatic rings. The highest BCUT2D eigenvalue weighted by Crippen LogP contribution is 2.31. The second-order valence-electron chi connectivity index (χ2n) is 4.27. The van der Waals surface area contributed by atoms with Gasteiger partial charge in [0.05, 0.1) is 0 Å².